The Morgan fingerprint density at radius 2 is 1.83 bits per heavy atom. The molecule has 0 aliphatic carbocycles. The first-order valence-electron chi connectivity index (χ1n) is 9.18. The van der Waals surface area contributed by atoms with E-state index in [1.807, 2.05) is 24.4 Å². The second kappa shape index (κ2) is 8.56. The lowest BCUT2D eigenvalue weighted by Gasteiger charge is -2.11. The number of fused-ring (bicyclic) bond motifs is 1. The molecule has 2 N–H and O–H groups in total. The predicted octanol–water partition coefficient (Wildman–Crippen LogP) is 3.07. The molecule has 30 heavy (non-hydrogen) atoms. The van der Waals surface area contributed by atoms with Gasteiger partial charge >= 0.3 is 0 Å². The van der Waals surface area contributed by atoms with Crippen molar-refractivity contribution in [2.24, 2.45) is 0 Å². The fraction of sp³-hybridized carbons (Fsp3) is 0.150. The fourth-order valence-corrected chi connectivity index (χ4v) is 4.51. The van der Waals surface area contributed by atoms with E-state index in [1.165, 1.54) is 33.6 Å². The number of carbonyl (C=O) groups excluding carboxylic acids is 2. The van der Waals surface area contributed by atoms with Crippen LogP contribution in [-0.4, -0.2) is 26.6 Å². The average Bonchev–Trinajstić information content (AvgIpc) is 3.46. The molecule has 3 aromatic heterocycles. The van der Waals surface area contributed by atoms with E-state index >= 15 is 0 Å². The summed E-state index contributed by atoms with van der Waals surface area (Å²) >= 11 is 2.77. The third kappa shape index (κ3) is 3.87. The molecular weight excluding hydrogens is 422 g/mol. The molecule has 1 aromatic carbocycles. The molecule has 0 saturated heterocycles. The van der Waals surface area contributed by atoms with Crippen molar-refractivity contribution in [1.29, 1.82) is 0 Å². The zero-order valence-corrected chi connectivity index (χ0v) is 17.5. The quantitative estimate of drug-likeness (QED) is 0.465. The van der Waals surface area contributed by atoms with E-state index in [9.17, 15) is 14.4 Å². The van der Waals surface area contributed by atoms with Crippen LogP contribution in [0.4, 0.5) is 0 Å². The Bertz CT molecular complexity index is 1280. The molecule has 0 unspecified atom stereocenters. The van der Waals surface area contributed by atoms with Crippen LogP contribution in [0, 0.1) is 0 Å². The van der Waals surface area contributed by atoms with E-state index in [4.69, 9.17) is 0 Å². The summed E-state index contributed by atoms with van der Waals surface area (Å²) in [5.74, 6) is -1.08. The molecule has 3 heterocycles. The van der Waals surface area contributed by atoms with Gasteiger partial charge in [0.05, 0.1) is 16.5 Å². The lowest BCUT2D eigenvalue weighted by atomic mass is 10.1. The molecule has 0 bridgehead atoms. The Balaban J connectivity index is 1.54. The number of thiazole rings is 1. The van der Waals surface area contributed by atoms with Crippen LogP contribution in [0.15, 0.2) is 52.8 Å². The second-order valence-electron chi connectivity index (χ2n) is 6.34. The summed E-state index contributed by atoms with van der Waals surface area (Å²) in [6.45, 7) is 2.31. The van der Waals surface area contributed by atoms with Crippen molar-refractivity contribution in [3.63, 3.8) is 0 Å². The Hall–Kier alpha value is -3.37. The molecule has 0 radical (unpaired) electrons. The number of hydrogen-bond acceptors (Lipinski definition) is 7. The SMILES string of the molecule is CCCn1nc(C(=O)NNC(=O)c2cnc(-c3cccs3)s2)c2ccccc2c1=O. The minimum absolute atomic E-state index is 0.0718. The average molecular weight is 440 g/mol. The largest absolute Gasteiger partial charge is 0.290 e. The Morgan fingerprint density at radius 1 is 1.07 bits per heavy atom. The maximum absolute atomic E-state index is 12.7. The highest BCUT2D eigenvalue weighted by Gasteiger charge is 2.18. The van der Waals surface area contributed by atoms with E-state index < -0.39 is 11.8 Å². The number of thiophene rings is 1. The number of amides is 2. The van der Waals surface area contributed by atoms with Gasteiger partial charge in [-0.3, -0.25) is 25.2 Å². The lowest BCUT2D eigenvalue weighted by Crippen LogP contribution is -2.42. The third-order valence-electron chi connectivity index (χ3n) is 4.27. The van der Waals surface area contributed by atoms with Crippen molar-refractivity contribution in [1.82, 2.24) is 25.6 Å². The highest BCUT2D eigenvalue weighted by Crippen LogP contribution is 2.28. The molecule has 4 rings (SSSR count). The van der Waals surface area contributed by atoms with Crippen LogP contribution >= 0.6 is 22.7 Å². The molecule has 0 aliphatic rings. The van der Waals surface area contributed by atoms with Crippen LogP contribution in [-0.2, 0) is 6.54 Å². The van der Waals surface area contributed by atoms with Gasteiger partial charge in [0.1, 0.15) is 9.88 Å². The van der Waals surface area contributed by atoms with Gasteiger partial charge in [0.25, 0.3) is 17.4 Å². The zero-order chi connectivity index (χ0) is 21.1. The van der Waals surface area contributed by atoms with E-state index in [-0.39, 0.29) is 11.3 Å². The molecule has 0 atom stereocenters. The minimum atomic E-state index is -0.604. The van der Waals surface area contributed by atoms with Crippen molar-refractivity contribution < 1.29 is 9.59 Å². The van der Waals surface area contributed by atoms with Gasteiger partial charge in [-0.15, -0.1) is 22.7 Å². The van der Waals surface area contributed by atoms with Gasteiger partial charge in [-0.2, -0.15) is 5.10 Å². The van der Waals surface area contributed by atoms with Gasteiger partial charge in [0.2, 0.25) is 0 Å². The third-order valence-corrected chi connectivity index (χ3v) is 6.30. The molecule has 152 valence electrons. The van der Waals surface area contributed by atoms with E-state index in [2.05, 4.69) is 20.9 Å². The van der Waals surface area contributed by atoms with Gasteiger partial charge in [-0.05, 0) is 23.9 Å². The van der Waals surface area contributed by atoms with Crippen molar-refractivity contribution in [2.75, 3.05) is 0 Å². The van der Waals surface area contributed by atoms with Crippen LogP contribution < -0.4 is 16.4 Å². The van der Waals surface area contributed by atoms with Gasteiger partial charge in [0, 0.05) is 11.9 Å². The number of hydrazine groups is 1. The van der Waals surface area contributed by atoms with Gasteiger partial charge in [0.15, 0.2) is 5.69 Å². The Labute approximate surface area is 179 Å². The summed E-state index contributed by atoms with van der Waals surface area (Å²) in [4.78, 5) is 43.3. The Kier molecular flexibility index (Phi) is 5.68. The number of hydrogen-bond donors (Lipinski definition) is 2. The summed E-state index contributed by atoms with van der Waals surface area (Å²) < 4.78 is 1.27. The number of carbonyl (C=O) groups is 2. The van der Waals surface area contributed by atoms with Crippen LogP contribution in [0.25, 0.3) is 20.7 Å². The first kappa shape index (κ1) is 19.9. The summed E-state index contributed by atoms with van der Waals surface area (Å²) in [6.07, 6.45) is 2.16. The molecule has 0 saturated carbocycles. The summed E-state index contributed by atoms with van der Waals surface area (Å²) in [5, 5.41) is 7.72. The number of aromatic nitrogens is 3. The summed E-state index contributed by atoms with van der Waals surface area (Å²) in [5.41, 5.74) is 4.60. The van der Waals surface area contributed by atoms with Crippen molar-refractivity contribution in [3.8, 4) is 9.88 Å². The minimum Gasteiger partial charge on any atom is -0.267 e. The van der Waals surface area contributed by atoms with E-state index in [0.29, 0.717) is 28.6 Å². The number of rotatable bonds is 5. The fourth-order valence-electron chi connectivity index (χ4n) is 2.89. The molecule has 8 nitrogen and oxygen atoms in total. The second-order valence-corrected chi connectivity index (χ2v) is 8.32. The Morgan fingerprint density at radius 3 is 2.57 bits per heavy atom. The topological polar surface area (TPSA) is 106 Å². The first-order chi connectivity index (χ1) is 14.6. The monoisotopic (exact) mass is 439 g/mol. The number of aryl methyl sites for hydroxylation is 1. The molecule has 4 aromatic rings. The zero-order valence-electron chi connectivity index (χ0n) is 15.9. The number of nitrogens with one attached hydrogen (secondary N) is 2. The van der Waals surface area contributed by atoms with Gasteiger partial charge < -0.3 is 0 Å². The van der Waals surface area contributed by atoms with Gasteiger partial charge in [-0.1, -0.05) is 31.2 Å². The molecular formula is C20H17N5O3S2. The highest BCUT2D eigenvalue weighted by molar-refractivity contribution is 7.21. The van der Waals surface area contributed by atoms with Crippen LogP contribution in [0.3, 0.4) is 0 Å². The maximum Gasteiger partial charge on any atom is 0.290 e. The normalized spacial score (nSPS) is 10.8. The van der Waals surface area contributed by atoms with Crippen LogP contribution in [0.1, 0.15) is 33.5 Å². The number of nitrogens with zero attached hydrogens (tertiary/aromatic N) is 3. The van der Waals surface area contributed by atoms with E-state index in [0.717, 1.165) is 9.88 Å². The van der Waals surface area contributed by atoms with Crippen LogP contribution in [0.5, 0.6) is 0 Å². The molecule has 10 heteroatoms. The standard InChI is InChI=1S/C20H17N5O3S2/c1-2-9-25-20(28)13-7-4-3-6-12(13)16(24-25)18(27)23-22-17(26)15-11-21-19(30-15)14-8-5-10-29-14/h3-8,10-11H,2,9H2,1H3,(H,22,26)(H,23,27). The lowest BCUT2D eigenvalue weighted by molar-refractivity contribution is 0.0845. The molecule has 0 fully saturated rings. The van der Waals surface area contributed by atoms with E-state index in [1.54, 1.807) is 24.3 Å². The highest BCUT2D eigenvalue weighted by atomic mass is 32.1. The number of benzene rings is 1. The summed E-state index contributed by atoms with van der Waals surface area (Å²) in [7, 11) is 0. The summed E-state index contributed by atoms with van der Waals surface area (Å²) in [6, 6.07) is 10.6. The molecule has 0 spiro atoms. The maximum atomic E-state index is 12.7. The smallest absolute Gasteiger partial charge is 0.267 e. The first-order valence-corrected chi connectivity index (χ1v) is 10.9. The van der Waals surface area contributed by atoms with Crippen molar-refractivity contribution >= 4 is 45.3 Å². The molecule has 2 amide bonds. The van der Waals surface area contributed by atoms with Crippen LogP contribution in [0.2, 0.25) is 0 Å². The van der Waals surface area contributed by atoms with Crippen molar-refractivity contribution in [3.05, 3.63) is 68.9 Å². The van der Waals surface area contributed by atoms with Gasteiger partial charge in [-0.25, -0.2) is 9.67 Å². The van der Waals surface area contributed by atoms with Crippen molar-refractivity contribution in [2.45, 2.75) is 19.9 Å². The molecule has 0 aliphatic heterocycles. The predicted molar refractivity (Wildman–Crippen MR) is 117 cm³/mol.